The first kappa shape index (κ1) is 14.2. The standard InChI is InChI=1S/C16H16N4O2S/c21-15-10-11(18-14-6-7-17-20(14)15)12-4-1-2-8-19(12)16(22)13-5-3-9-23-13/h3,5-7,9-10,12,17H,1-2,4,8H2/t12-/m1/s1. The summed E-state index contributed by atoms with van der Waals surface area (Å²) in [6.07, 6.45) is 4.54. The van der Waals surface area contributed by atoms with E-state index in [1.54, 1.807) is 12.3 Å². The van der Waals surface area contributed by atoms with Gasteiger partial charge in [0.2, 0.25) is 0 Å². The van der Waals surface area contributed by atoms with E-state index >= 15 is 0 Å². The Bertz CT molecular complexity index is 896. The van der Waals surface area contributed by atoms with Gasteiger partial charge >= 0.3 is 0 Å². The first-order chi connectivity index (χ1) is 11.2. The molecule has 0 aliphatic carbocycles. The van der Waals surface area contributed by atoms with Gasteiger partial charge in [-0.05, 0) is 30.7 Å². The third-order valence-electron chi connectivity index (χ3n) is 4.24. The minimum Gasteiger partial charge on any atom is -0.329 e. The van der Waals surface area contributed by atoms with Crippen LogP contribution in [0.25, 0.3) is 5.65 Å². The van der Waals surface area contributed by atoms with Crippen LogP contribution in [-0.2, 0) is 0 Å². The van der Waals surface area contributed by atoms with Crippen molar-refractivity contribution in [3.8, 4) is 0 Å². The summed E-state index contributed by atoms with van der Waals surface area (Å²) in [6, 6.07) is 6.89. The number of carbonyl (C=O) groups excluding carboxylic acids is 1. The summed E-state index contributed by atoms with van der Waals surface area (Å²) in [5, 5.41) is 4.74. The highest BCUT2D eigenvalue weighted by atomic mass is 32.1. The lowest BCUT2D eigenvalue weighted by molar-refractivity contribution is 0.0611. The highest BCUT2D eigenvalue weighted by Gasteiger charge is 2.30. The molecular formula is C16H16N4O2S. The molecule has 1 saturated heterocycles. The van der Waals surface area contributed by atoms with Crippen molar-refractivity contribution in [2.24, 2.45) is 0 Å². The van der Waals surface area contributed by atoms with Gasteiger partial charge in [-0.2, -0.15) is 0 Å². The van der Waals surface area contributed by atoms with E-state index in [1.165, 1.54) is 21.9 Å². The maximum atomic E-state index is 12.8. The number of aromatic nitrogens is 3. The van der Waals surface area contributed by atoms with Gasteiger partial charge in [-0.25, -0.2) is 9.50 Å². The van der Waals surface area contributed by atoms with Gasteiger partial charge in [0.05, 0.1) is 16.6 Å². The Balaban J connectivity index is 1.74. The quantitative estimate of drug-likeness (QED) is 0.785. The number of hydrogen-bond acceptors (Lipinski definition) is 4. The summed E-state index contributed by atoms with van der Waals surface area (Å²) >= 11 is 1.45. The van der Waals surface area contributed by atoms with E-state index in [-0.39, 0.29) is 17.5 Å². The molecule has 1 N–H and O–H groups in total. The summed E-state index contributed by atoms with van der Waals surface area (Å²) in [5.41, 5.74) is 1.12. The van der Waals surface area contributed by atoms with Crippen LogP contribution in [0.15, 0.2) is 40.6 Å². The minimum atomic E-state index is -0.149. The van der Waals surface area contributed by atoms with Gasteiger partial charge in [0.1, 0.15) is 0 Å². The molecule has 0 saturated carbocycles. The molecule has 1 amide bonds. The summed E-state index contributed by atoms with van der Waals surface area (Å²) in [6.45, 7) is 0.704. The molecule has 1 aliphatic rings. The van der Waals surface area contributed by atoms with E-state index in [2.05, 4.69) is 10.1 Å². The van der Waals surface area contributed by atoms with Crippen molar-refractivity contribution in [1.29, 1.82) is 0 Å². The van der Waals surface area contributed by atoms with Crippen LogP contribution >= 0.6 is 11.3 Å². The van der Waals surface area contributed by atoms with Crippen LogP contribution in [0.1, 0.15) is 40.7 Å². The fourth-order valence-electron chi connectivity index (χ4n) is 3.14. The Morgan fingerprint density at radius 1 is 1.35 bits per heavy atom. The minimum absolute atomic E-state index is 0.0285. The second-order valence-electron chi connectivity index (χ2n) is 5.66. The molecule has 3 aromatic heterocycles. The predicted molar refractivity (Wildman–Crippen MR) is 87.8 cm³/mol. The van der Waals surface area contributed by atoms with E-state index in [0.717, 1.165) is 24.1 Å². The SMILES string of the molecule is O=C(c1cccs1)N1CCCC[C@@H]1c1cc(=O)n2[nH]ccc2n1. The second-order valence-corrected chi connectivity index (χ2v) is 6.61. The van der Waals surface area contributed by atoms with Gasteiger partial charge in [0.25, 0.3) is 11.5 Å². The van der Waals surface area contributed by atoms with Crippen molar-refractivity contribution in [1.82, 2.24) is 19.5 Å². The molecule has 6 nitrogen and oxygen atoms in total. The number of nitrogens with one attached hydrogen (secondary N) is 1. The molecule has 0 radical (unpaired) electrons. The molecule has 0 spiro atoms. The molecule has 0 aromatic carbocycles. The molecule has 3 aromatic rings. The van der Waals surface area contributed by atoms with Crippen molar-refractivity contribution in [2.45, 2.75) is 25.3 Å². The third kappa shape index (κ3) is 2.46. The van der Waals surface area contributed by atoms with Crippen LogP contribution in [0.3, 0.4) is 0 Å². The van der Waals surface area contributed by atoms with Crippen LogP contribution < -0.4 is 5.56 Å². The van der Waals surface area contributed by atoms with Crippen molar-refractivity contribution in [3.05, 3.63) is 56.8 Å². The average Bonchev–Trinajstić information content (AvgIpc) is 3.25. The Hall–Kier alpha value is -2.41. The normalized spacial score (nSPS) is 18.4. The summed E-state index contributed by atoms with van der Waals surface area (Å²) in [5.74, 6) is 0.0285. The van der Waals surface area contributed by atoms with E-state index in [4.69, 9.17) is 0 Å². The van der Waals surface area contributed by atoms with E-state index in [9.17, 15) is 9.59 Å². The van der Waals surface area contributed by atoms with Gasteiger partial charge in [0, 0.05) is 24.9 Å². The number of rotatable bonds is 2. The number of carbonyl (C=O) groups is 1. The fraction of sp³-hybridized carbons (Fsp3) is 0.312. The maximum absolute atomic E-state index is 12.8. The van der Waals surface area contributed by atoms with E-state index < -0.39 is 0 Å². The molecule has 4 rings (SSSR count). The number of likely N-dealkylation sites (tertiary alicyclic amines) is 1. The lowest BCUT2D eigenvalue weighted by Crippen LogP contribution is -2.39. The second kappa shape index (κ2) is 5.66. The third-order valence-corrected chi connectivity index (χ3v) is 5.10. The number of H-pyrrole nitrogens is 1. The van der Waals surface area contributed by atoms with Crippen LogP contribution in [0.2, 0.25) is 0 Å². The number of nitrogens with zero attached hydrogens (tertiary/aromatic N) is 3. The topological polar surface area (TPSA) is 70.5 Å². The lowest BCUT2D eigenvalue weighted by Gasteiger charge is -2.35. The predicted octanol–water partition coefficient (Wildman–Crippen LogP) is 2.45. The fourth-order valence-corrected chi connectivity index (χ4v) is 3.82. The van der Waals surface area contributed by atoms with Gasteiger partial charge in [-0.3, -0.25) is 14.7 Å². The van der Waals surface area contributed by atoms with Crippen LogP contribution in [-0.4, -0.2) is 31.9 Å². The number of amides is 1. The molecule has 1 aliphatic heterocycles. The Kier molecular flexibility index (Phi) is 3.49. The molecule has 4 heterocycles. The molecule has 23 heavy (non-hydrogen) atoms. The Morgan fingerprint density at radius 3 is 3.09 bits per heavy atom. The smallest absolute Gasteiger partial charge is 0.272 e. The van der Waals surface area contributed by atoms with Crippen LogP contribution in [0.4, 0.5) is 0 Å². The van der Waals surface area contributed by atoms with E-state index in [0.29, 0.717) is 17.9 Å². The number of thiophene rings is 1. The number of fused-ring (bicyclic) bond motifs is 1. The van der Waals surface area contributed by atoms with Crippen molar-refractivity contribution < 1.29 is 4.79 Å². The molecule has 0 unspecified atom stereocenters. The first-order valence-corrected chi connectivity index (χ1v) is 8.53. The number of piperidine rings is 1. The zero-order valence-corrected chi connectivity index (χ0v) is 13.3. The monoisotopic (exact) mass is 328 g/mol. The molecular weight excluding hydrogens is 312 g/mol. The van der Waals surface area contributed by atoms with Crippen LogP contribution in [0.5, 0.6) is 0 Å². The van der Waals surface area contributed by atoms with Crippen LogP contribution in [0, 0.1) is 0 Å². The molecule has 118 valence electrons. The molecule has 1 atom stereocenters. The van der Waals surface area contributed by atoms with E-state index in [1.807, 2.05) is 22.4 Å². The lowest BCUT2D eigenvalue weighted by atomic mass is 9.98. The zero-order valence-electron chi connectivity index (χ0n) is 12.4. The van der Waals surface area contributed by atoms with Gasteiger partial charge < -0.3 is 4.90 Å². The van der Waals surface area contributed by atoms with Gasteiger partial charge in [-0.1, -0.05) is 6.07 Å². The highest BCUT2D eigenvalue weighted by Crippen LogP contribution is 2.31. The summed E-state index contributed by atoms with van der Waals surface area (Å²) < 4.78 is 1.40. The zero-order chi connectivity index (χ0) is 15.8. The Labute approximate surface area is 136 Å². The molecule has 0 bridgehead atoms. The number of hydrogen-bond donors (Lipinski definition) is 1. The summed E-state index contributed by atoms with van der Waals surface area (Å²) in [7, 11) is 0. The summed E-state index contributed by atoms with van der Waals surface area (Å²) in [4.78, 5) is 32.1. The van der Waals surface area contributed by atoms with Gasteiger partial charge in [-0.15, -0.1) is 11.3 Å². The molecule has 7 heteroatoms. The highest BCUT2D eigenvalue weighted by molar-refractivity contribution is 7.12. The van der Waals surface area contributed by atoms with Crippen molar-refractivity contribution in [2.75, 3.05) is 6.54 Å². The molecule has 1 fully saturated rings. The maximum Gasteiger partial charge on any atom is 0.272 e. The van der Waals surface area contributed by atoms with Crippen molar-refractivity contribution in [3.63, 3.8) is 0 Å². The largest absolute Gasteiger partial charge is 0.329 e. The first-order valence-electron chi connectivity index (χ1n) is 7.65. The average molecular weight is 328 g/mol. The Morgan fingerprint density at radius 2 is 2.26 bits per heavy atom. The van der Waals surface area contributed by atoms with Crippen molar-refractivity contribution >= 4 is 22.9 Å². The number of aromatic amines is 1. The van der Waals surface area contributed by atoms with Gasteiger partial charge in [0.15, 0.2) is 5.65 Å².